The van der Waals surface area contributed by atoms with Crippen molar-refractivity contribution in [3.63, 3.8) is 0 Å². The summed E-state index contributed by atoms with van der Waals surface area (Å²) in [6, 6.07) is 11.5. The molecule has 2 amide bonds. The number of anilines is 1. The molecule has 36 heavy (non-hydrogen) atoms. The Morgan fingerprint density at radius 2 is 1.81 bits per heavy atom. The van der Waals surface area contributed by atoms with Crippen molar-refractivity contribution in [3.8, 4) is 5.75 Å². The lowest BCUT2D eigenvalue weighted by Gasteiger charge is -2.19. The quantitative estimate of drug-likeness (QED) is 0.276. The van der Waals surface area contributed by atoms with Gasteiger partial charge in [-0.15, -0.1) is 10.2 Å². The topological polar surface area (TPSA) is 98.1 Å². The maximum Gasteiger partial charge on any atom is 0.251 e. The summed E-state index contributed by atoms with van der Waals surface area (Å²) in [7, 11) is 1.58. The number of aromatic nitrogens is 3. The molecule has 0 aliphatic heterocycles. The molecule has 0 aliphatic carbocycles. The molecule has 1 heterocycles. The number of carbonyl (C=O) groups is 2. The third-order valence-electron chi connectivity index (χ3n) is 5.12. The lowest BCUT2D eigenvalue weighted by atomic mass is 10.1. The number of ether oxygens (including phenoxy) is 1. The molecule has 0 fully saturated rings. The number of nitrogens with one attached hydrogen (secondary N) is 2. The van der Waals surface area contributed by atoms with Crippen molar-refractivity contribution in [2.24, 2.45) is 0 Å². The molecule has 3 aromatic rings. The standard InChI is InChI=1S/C24H27Cl2N5O3S2/c1-4-31-22(20(9-10-35-3)28-23(33)15-5-7-19(34-2)8-6-15)29-30-24(31)36-14-21(32)27-18-12-16(25)11-17(26)13-18/h5-8,11-13,20H,4,9-10,14H2,1-3H3,(H,27,32)(H,28,33). The van der Waals surface area contributed by atoms with Crippen molar-refractivity contribution in [1.29, 1.82) is 0 Å². The number of hydrogen-bond donors (Lipinski definition) is 2. The summed E-state index contributed by atoms with van der Waals surface area (Å²) in [5, 5.41) is 16.0. The number of hydrogen-bond acceptors (Lipinski definition) is 7. The van der Waals surface area contributed by atoms with E-state index in [9.17, 15) is 9.59 Å². The summed E-state index contributed by atoms with van der Waals surface area (Å²) in [5.74, 6) is 1.85. The number of rotatable bonds is 12. The molecule has 2 N–H and O–H groups in total. The predicted octanol–water partition coefficient (Wildman–Crippen LogP) is 5.57. The van der Waals surface area contributed by atoms with E-state index in [1.54, 1.807) is 61.3 Å². The van der Waals surface area contributed by atoms with E-state index in [0.717, 1.165) is 5.75 Å². The zero-order chi connectivity index (χ0) is 26.1. The van der Waals surface area contributed by atoms with Gasteiger partial charge < -0.3 is 19.9 Å². The second-order valence-corrected chi connectivity index (χ2v) is 10.4. The molecule has 0 saturated heterocycles. The highest BCUT2D eigenvalue weighted by Gasteiger charge is 2.23. The average molecular weight is 569 g/mol. The third kappa shape index (κ3) is 7.80. The summed E-state index contributed by atoms with van der Waals surface area (Å²) in [4.78, 5) is 25.4. The minimum absolute atomic E-state index is 0.121. The van der Waals surface area contributed by atoms with Crippen molar-refractivity contribution in [3.05, 3.63) is 63.9 Å². The first-order chi connectivity index (χ1) is 17.3. The summed E-state index contributed by atoms with van der Waals surface area (Å²) in [6.07, 6.45) is 2.70. The fourth-order valence-corrected chi connectivity index (χ4v) is 5.21. The molecule has 0 radical (unpaired) electrons. The average Bonchev–Trinajstić information content (AvgIpc) is 3.27. The van der Waals surface area contributed by atoms with Crippen LogP contribution in [-0.2, 0) is 11.3 Å². The van der Waals surface area contributed by atoms with Gasteiger partial charge in [-0.05, 0) is 67.8 Å². The number of benzene rings is 2. The molecular weight excluding hydrogens is 541 g/mol. The van der Waals surface area contributed by atoms with Crippen LogP contribution in [0.1, 0.15) is 35.6 Å². The largest absolute Gasteiger partial charge is 0.497 e. The summed E-state index contributed by atoms with van der Waals surface area (Å²) in [5.41, 5.74) is 1.05. The Bertz CT molecular complexity index is 1170. The van der Waals surface area contributed by atoms with Crippen molar-refractivity contribution in [1.82, 2.24) is 20.1 Å². The van der Waals surface area contributed by atoms with E-state index in [0.29, 0.717) is 51.0 Å². The Morgan fingerprint density at radius 1 is 1.11 bits per heavy atom. The van der Waals surface area contributed by atoms with Gasteiger partial charge in [-0.1, -0.05) is 35.0 Å². The van der Waals surface area contributed by atoms with Crippen LogP contribution in [0.3, 0.4) is 0 Å². The van der Waals surface area contributed by atoms with Crippen LogP contribution in [0.25, 0.3) is 0 Å². The third-order valence-corrected chi connectivity index (χ3v) is 7.17. The van der Waals surface area contributed by atoms with Gasteiger partial charge in [-0.2, -0.15) is 11.8 Å². The fourth-order valence-electron chi connectivity index (χ4n) is 3.40. The van der Waals surface area contributed by atoms with E-state index in [2.05, 4.69) is 20.8 Å². The van der Waals surface area contributed by atoms with Crippen LogP contribution in [0.15, 0.2) is 47.6 Å². The second-order valence-electron chi connectivity index (χ2n) is 7.62. The first-order valence-electron chi connectivity index (χ1n) is 11.1. The van der Waals surface area contributed by atoms with Gasteiger partial charge in [0.2, 0.25) is 5.91 Å². The number of halogens is 2. The highest BCUT2D eigenvalue weighted by molar-refractivity contribution is 7.99. The normalized spacial score (nSPS) is 11.7. The first kappa shape index (κ1) is 28.2. The van der Waals surface area contributed by atoms with Gasteiger partial charge in [0.1, 0.15) is 5.75 Å². The maximum absolute atomic E-state index is 12.9. The highest BCUT2D eigenvalue weighted by atomic mass is 35.5. The van der Waals surface area contributed by atoms with Crippen LogP contribution in [0, 0.1) is 0 Å². The molecular formula is C24H27Cl2N5O3S2. The molecule has 8 nitrogen and oxygen atoms in total. The number of amides is 2. The highest BCUT2D eigenvalue weighted by Crippen LogP contribution is 2.26. The zero-order valence-electron chi connectivity index (χ0n) is 20.1. The van der Waals surface area contributed by atoms with Gasteiger partial charge >= 0.3 is 0 Å². The van der Waals surface area contributed by atoms with Gasteiger partial charge in [0.05, 0.1) is 18.9 Å². The molecule has 12 heteroatoms. The van der Waals surface area contributed by atoms with E-state index in [1.165, 1.54) is 11.8 Å². The minimum Gasteiger partial charge on any atom is -0.497 e. The van der Waals surface area contributed by atoms with E-state index >= 15 is 0 Å². The number of nitrogens with zero attached hydrogens (tertiary/aromatic N) is 3. The maximum atomic E-state index is 12.9. The van der Waals surface area contributed by atoms with E-state index in [4.69, 9.17) is 27.9 Å². The molecule has 3 rings (SSSR count). The number of carbonyl (C=O) groups excluding carboxylic acids is 2. The fraction of sp³-hybridized carbons (Fsp3) is 0.333. The molecule has 0 spiro atoms. The number of thioether (sulfide) groups is 2. The predicted molar refractivity (Wildman–Crippen MR) is 148 cm³/mol. The van der Waals surface area contributed by atoms with Gasteiger partial charge in [-0.25, -0.2) is 0 Å². The molecule has 192 valence electrons. The van der Waals surface area contributed by atoms with Crippen LogP contribution in [0.4, 0.5) is 5.69 Å². The molecule has 1 aromatic heterocycles. The summed E-state index contributed by atoms with van der Waals surface area (Å²) < 4.78 is 7.09. The Morgan fingerprint density at radius 3 is 2.42 bits per heavy atom. The van der Waals surface area contributed by atoms with Crippen LogP contribution >= 0.6 is 46.7 Å². The van der Waals surface area contributed by atoms with E-state index in [1.807, 2.05) is 17.7 Å². The zero-order valence-corrected chi connectivity index (χ0v) is 23.2. The SMILES string of the molecule is CCn1c(SCC(=O)Nc2cc(Cl)cc(Cl)c2)nnc1C(CCSC)NC(=O)c1ccc(OC)cc1. The summed E-state index contributed by atoms with van der Waals surface area (Å²) >= 11 is 15.0. The molecule has 0 bridgehead atoms. The Labute approximate surface area is 228 Å². The Kier molecular flexibility index (Phi) is 10.8. The minimum atomic E-state index is -0.337. The lowest BCUT2D eigenvalue weighted by molar-refractivity contribution is -0.113. The smallest absolute Gasteiger partial charge is 0.251 e. The van der Waals surface area contributed by atoms with Crippen molar-refractivity contribution in [2.75, 3.05) is 30.2 Å². The van der Waals surface area contributed by atoms with Crippen LogP contribution in [-0.4, -0.2) is 51.5 Å². The summed E-state index contributed by atoms with van der Waals surface area (Å²) in [6.45, 7) is 2.56. The van der Waals surface area contributed by atoms with Crippen molar-refractivity contribution < 1.29 is 14.3 Å². The Balaban J connectivity index is 1.71. The van der Waals surface area contributed by atoms with Gasteiger partial charge in [0.15, 0.2) is 11.0 Å². The van der Waals surface area contributed by atoms with Gasteiger partial charge in [0, 0.05) is 27.8 Å². The second kappa shape index (κ2) is 13.8. The molecule has 0 aliphatic rings. The molecule has 1 unspecified atom stereocenters. The monoisotopic (exact) mass is 567 g/mol. The van der Waals surface area contributed by atoms with Gasteiger partial charge in [0.25, 0.3) is 5.91 Å². The van der Waals surface area contributed by atoms with Crippen LogP contribution < -0.4 is 15.4 Å². The first-order valence-corrected chi connectivity index (χ1v) is 14.2. The number of methoxy groups -OCH3 is 1. The molecule has 2 aromatic carbocycles. The molecule has 0 saturated carbocycles. The van der Waals surface area contributed by atoms with Crippen LogP contribution in [0.2, 0.25) is 10.0 Å². The lowest BCUT2D eigenvalue weighted by Crippen LogP contribution is -2.31. The van der Waals surface area contributed by atoms with Crippen molar-refractivity contribution in [2.45, 2.75) is 31.1 Å². The van der Waals surface area contributed by atoms with E-state index < -0.39 is 0 Å². The van der Waals surface area contributed by atoms with Crippen molar-refractivity contribution >= 4 is 64.2 Å². The Hall–Kier alpha value is -2.40. The van der Waals surface area contributed by atoms with E-state index in [-0.39, 0.29) is 23.6 Å². The molecule has 1 atom stereocenters. The van der Waals surface area contributed by atoms with Gasteiger partial charge in [-0.3, -0.25) is 9.59 Å². The van der Waals surface area contributed by atoms with Crippen LogP contribution in [0.5, 0.6) is 5.75 Å².